The Morgan fingerprint density at radius 3 is 3.08 bits per heavy atom. The summed E-state index contributed by atoms with van der Waals surface area (Å²) in [4.78, 5) is 0. The zero-order valence-electron chi connectivity index (χ0n) is 7.92. The van der Waals surface area contributed by atoms with Crippen LogP contribution in [0.25, 0.3) is 0 Å². The van der Waals surface area contributed by atoms with E-state index in [1.807, 2.05) is 6.92 Å². The lowest BCUT2D eigenvalue weighted by atomic mass is 9.99. The van der Waals surface area contributed by atoms with E-state index in [1.54, 1.807) is 0 Å². The van der Waals surface area contributed by atoms with Gasteiger partial charge >= 0.3 is 0 Å². The SMILES string of the molecule is CC(N)Cc1cccc2c1COC2. The van der Waals surface area contributed by atoms with Gasteiger partial charge in [-0.1, -0.05) is 18.2 Å². The minimum atomic E-state index is 0.229. The standard InChI is InChI=1S/C11H15NO/c1-8(12)5-9-3-2-4-10-6-13-7-11(9)10/h2-4,8H,5-7,12H2,1H3. The molecule has 2 nitrogen and oxygen atoms in total. The Kier molecular flexibility index (Phi) is 2.34. The Bertz CT molecular complexity index is 307. The molecule has 70 valence electrons. The summed E-state index contributed by atoms with van der Waals surface area (Å²) in [5.74, 6) is 0. The van der Waals surface area contributed by atoms with E-state index in [-0.39, 0.29) is 6.04 Å². The molecule has 1 aromatic carbocycles. The smallest absolute Gasteiger partial charge is 0.0727 e. The van der Waals surface area contributed by atoms with Crippen molar-refractivity contribution in [2.45, 2.75) is 32.6 Å². The van der Waals surface area contributed by atoms with Crippen LogP contribution < -0.4 is 5.73 Å². The van der Waals surface area contributed by atoms with Crippen LogP contribution in [-0.2, 0) is 24.4 Å². The zero-order chi connectivity index (χ0) is 9.26. The van der Waals surface area contributed by atoms with Crippen LogP contribution in [0.5, 0.6) is 0 Å². The summed E-state index contributed by atoms with van der Waals surface area (Å²) in [6.07, 6.45) is 0.951. The van der Waals surface area contributed by atoms with Crippen molar-refractivity contribution in [3.63, 3.8) is 0 Å². The van der Waals surface area contributed by atoms with Gasteiger partial charge in [-0.3, -0.25) is 0 Å². The van der Waals surface area contributed by atoms with Gasteiger partial charge in [0.1, 0.15) is 0 Å². The third kappa shape index (κ3) is 1.74. The van der Waals surface area contributed by atoms with E-state index >= 15 is 0 Å². The highest BCUT2D eigenvalue weighted by Gasteiger charge is 2.14. The number of nitrogens with two attached hydrogens (primary N) is 1. The molecule has 13 heavy (non-hydrogen) atoms. The summed E-state index contributed by atoms with van der Waals surface area (Å²) in [7, 11) is 0. The molecular formula is C11H15NO. The van der Waals surface area contributed by atoms with Gasteiger partial charge < -0.3 is 10.5 Å². The molecule has 2 rings (SSSR count). The van der Waals surface area contributed by atoms with Gasteiger partial charge in [-0.25, -0.2) is 0 Å². The molecule has 2 N–H and O–H groups in total. The molecule has 2 heteroatoms. The predicted molar refractivity (Wildman–Crippen MR) is 52.3 cm³/mol. The molecule has 1 unspecified atom stereocenters. The van der Waals surface area contributed by atoms with Crippen LogP contribution in [0.4, 0.5) is 0 Å². The number of hydrogen-bond donors (Lipinski definition) is 1. The van der Waals surface area contributed by atoms with E-state index in [2.05, 4.69) is 18.2 Å². The normalized spacial score (nSPS) is 17.1. The van der Waals surface area contributed by atoms with Crippen LogP contribution in [0.2, 0.25) is 0 Å². The van der Waals surface area contributed by atoms with Crippen LogP contribution >= 0.6 is 0 Å². The summed E-state index contributed by atoms with van der Waals surface area (Å²) >= 11 is 0. The van der Waals surface area contributed by atoms with Gasteiger partial charge in [0, 0.05) is 6.04 Å². The van der Waals surface area contributed by atoms with E-state index in [4.69, 9.17) is 10.5 Å². The molecule has 1 aliphatic heterocycles. The first-order valence-electron chi connectivity index (χ1n) is 4.70. The number of rotatable bonds is 2. The van der Waals surface area contributed by atoms with Crippen LogP contribution in [0, 0.1) is 0 Å². The van der Waals surface area contributed by atoms with E-state index < -0.39 is 0 Å². The summed E-state index contributed by atoms with van der Waals surface area (Å²) in [5, 5.41) is 0. The summed E-state index contributed by atoms with van der Waals surface area (Å²) in [5.41, 5.74) is 9.82. The van der Waals surface area contributed by atoms with Crippen LogP contribution in [-0.4, -0.2) is 6.04 Å². The van der Waals surface area contributed by atoms with Gasteiger partial charge in [-0.05, 0) is 30.0 Å². The Morgan fingerprint density at radius 1 is 1.46 bits per heavy atom. The van der Waals surface area contributed by atoms with E-state index in [9.17, 15) is 0 Å². The lowest BCUT2D eigenvalue weighted by molar-refractivity contribution is 0.134. The second-order valence-electron chi connectivity index (χ2n) is 3.73. The molecule has 1 aliphatic rings. The fourth-order valence-corrected chi connectivity index (χ4v) is 1.81. The van der Waals surface area contributed by atoms with Gasteiger partial charge in [0.25, 0.3) is 0 Å². The van der Waals surface area contributed by atoms with Crippen molar-refractivity contribution in [1.82, 2.24) is 0 Å². The van der Waals surface area contributed by atoms with E-state index in [0.717, 1.165) is 19.6 Å². The van der Waals surface area contributed by atoms with Crippen LogP contribution in [0.1, 0.15) is 23.6 Å². The van der Waals surface area contributed by atoms with Crippen molar-refractivity contribution in [2.24, 2.45) is 5.73 Å². The topological polar surface area (TPSA) is 35.2 Å². The van der Waals surface area contributed by atoms with Crippen LogP contribution in [0.15, 0.2) is 18.2 Å². The number of benzene rings is 1. The quantitative estimate of drug-likeness (QED) is 0.744. The predicted octanol–water partition coefficient (Wildman–Crippen LogP) is 1.61. The molecule has 0 aliphatic carbocycles. The van der Waals surface area contributed by atoms with E-state index in [1.165, 1.54) is 16.7 Å². The van der Waals surface area contributed by atoms with Crippen molar-refractivity contribution in [1.29, 1.82) is 0 Å². The number of ether oxygens (including phenoxy) is 1. The summed E-state index contributed by atoms with van der Waals surface area (Å²) in [6, 6.07) is 6.60. The van der Waals surface area contributed by atoms with Gasteiger partial charge in [0.15, 0.2) is 0 Å². The minimum Gasteiger partial charge on any atom is -0.372 e. The summed E-state index contributed by atoms with van der Waals surface area (Å²) < 4.78 is 5.40. The molecule has 0 saturated carbocycles. The molecule has 1 heterocycles. The van der Waals surface area contributed by atoms with E-state index in [0.29, 0.717) is 0 Å². The lowest BCUT2D eigenvalue weighted by Gasteiger charge is -2.09. The third-order valence-electron chi connectivity index (χ3n) is 2.42. The molecular weight excluding hydrogens is 162 g/mol. The van der Waals surface area contributed by atoms with Gasteiger partial charge in [0.2, 0.25) is 0 Å². The van der Waals surface area contributed by atoms with Crippen LogP contribution in [0.3, 0.4) is 0 Å². The first kappa shape index (κ1) is 8.73. The van der Waals surface area contributed by atoms with Crippen molar-refractivity contribution < 1.29 is 4.74 Å². The monoisotopic (exact) mass is 177 g/mol. The molecule has 0 amide bonds. The highest BCUT2D eigenvalue weighted by molar-refractivity contribution is 5.36. The fraction of sp³-hybridized carbons (Fsp3) is 0.455. The van der Waals surface area contributed by atoms with Crippen molar-refractivity contribution in [3.05, 3.63) is 34.9 Å². The molecule has 0 bridgehead atoms. The molecule has 0 aromatic heterocycles. The zero-order valence-corrected chi connectivity index (χ0v) is 7.92. The highest BCUT2D eigenvalue weighted by Crippen LogP contribution is 2.23. The first-order valence-corrected chi connectivity index (χ1v) is 4.70. The second kappa shape index (κ2) is 3.48. The Morgan fingerprint density at radius 2 is 2.31 bits per heavy atom. The number of hydrogen-bond acceptors (Lipinski definition) is 2. The maximum Gasteiger partial charge on any atom is 0.0727 e. The summed E-state index contributed by atoms with van der Waals surface area (Å²) in [6.45, 7) is 3.57. The molecule has 0 fully saturated rings. The molecule has 0 spiro atoms. The van der Waals surface area contributed by atoms with Crippen molar-refractivity contribution in [3.8, 4) is 0 Å². The molecule has 1 atom stereocenters. The maximum atomic E-state index is 5.78. The average molecular weight is 177 g/mol. The largest absolute Gasteiger partial charge is 0.372 e. The minimum absolute atomic E-state index is 0.229. The first-order chi connectivity index (χ1) is 6.27. The fourth-order valence-electron chi connectivity index (χ4n) is 1.81. The third-order valence-corrected chi connectivity index (χ3v) is 2.42. The van der Waals surface area contributed by atoms with Gasteiger partial charge in [-0.15, -0.1) is 0 Å². The number of fused-ring (bicyclic) bond motifs is 1. The maximum absolute atomic E-state index is 5.78. The molecule has 0 radical (unpaired) electrons. The Balaban J connectivity index is 2.30. The molecule has 0 saturated heterocycles. The Hall–Kier alpha value is -0.860. The van der Waals surface area contributed by atoms with Gasteiger partial charge in [0.05, 0.1) is 13.2 Å². The van der Waals surface area contributed by atoms with Crippen molar-refractivity contribution >= 4 is 0 Å². The lowest BCUT2D eigenvalue weighted by Crippen LogP contribution is -2.18. The van der Waals surface area contributed by atoms with Gasteiger partial charge in [-0.2, -0.15) is 0 Å². The van der Waals surface area contributed by atoms with Crippen molar-refractivity contribution in [2.75, 3.05) is 0 Å². The highest BCUT2D eigenvalue weighted by atomic mass is 16.5. The Labute approximate surface area is 78.7 Å². The molecule has 1 aromatic rings. The average Bonchev–Trinajstić information content (AvgIpc) is 2.51. The second-order valence-corrected chi connectivity index (χ2v) is 3.73.